The van der Waals surface area contributed by atoms with Gasteiger partial charge in [0.25, 0.3) is 5.56 Å². The van der Waals surface area contributed by atoms with Crippen molar-refractivity contribution < 1.29 is 19.3 Å². The van der Waals surface area contributed by atoms with Crippen molar-refractivity contribution in [2.45, 2.75) is 51.1 Å². The molecule has 2 bridgehead atoms. The fraction of sp³-hybridized carbons (Fsp3) is 0.407. The molecule has 1 aromatic heterocycles. The lowest BCUT2D eigenvalue weighted by Crippen LogP contribution is -2.53. The summed E-state index contributed by atoms with van der Waals surface area (Å²) in [5, 5.41) is 11.3. The van der Waals surface area contributed by atoms with E-state index in [1.807, 2.05) is 67.6 Å². The van der Waals surface area contributed by atoms with Crippen LogP contribution in [-0.4, -0.2) is 39.1 Å². The number of H-pyrrole nitrogens is 1. The number of hydrogen-bond donors (Lipinski definition) is 2. The first-order valence-electron chi connectivity index (χ1n) is 11.9. The summed E-state index contributed by atoms with van der Waals surface area (Å²) in [6.07, 6.45) is -0.566. The van der Waals surface area contributed by atoms with Gasteiger partial charge in [0.1, 0.15) is 11.8 Å². The molecule has 35 heavy (non-hydrogen) atoms. The van der Waals surface area contributed by atoms with Gasteiger partial charge in [0.2, 0.25) is 0 Å². The molecular formula is C27H30N2O6. The molecule has 2 fully saturated rings. The van der Waals surface area contributed by atoms with Crippen LogP contribution in [0.2, 0.25) is 0 Å². The topological polar surface area (TPSA) is 103 Å². The smallest absolute Gasteiger partial charge is 0.330 e. The zero-order valence-corrected chi connectivity index (χ0v) is 19.8. The molecule has 0 unspecified atom stereocenters. The molecule has 2 N–H and O–H groups in total. The van der Waals surface area contributed by atoms with E-state index in [0.717, 1.165) is 11.1 Å². The molecule has 2 heterocycles. The van der Waals surface area contributed by atoms with Gasteiger partial charge < -0.3 is 19.3 Å². The van der Waals surface area contributed by atoms with Gasteiger partial charge in [-0.25, -0.2) is 4.79 Å². The van der Waals surface area contributed by atoms with Gasteiger partial charge in [0, 0.05) is 17.7 Å². The Labute approximate surface area is 203 Å². The number of aromatic amines is 1. The molecule has 0 spiro atoms. The fourth-order valence-corrected chi connectivity index (χ4v) is 5.41. The Balaban J connectivity index is 1.47. The predicted octanol–water partition coefficient (Wildman–Crippen LogP) is 2.54. The molecule has 1 saturated heterocycles. The van der Waals surface area contributed by atoms with Crippen LogP contribution in [0.5, 0.6) is 0 Å². The second kappa shape index (κ2) is 9.54. The van der Waals surface area contributed by atoms with E-state index in [2.05, 4.69) is 4.98 Å². The first-order chi connectivity index (χ1) is 16.9. The first kappa shape index (κ1) is 23.7. The van der Waals surface area contributed by atoms with E-state index < -0.39 is 35.3 Å². The third-order valence-electron chi connectivity index (χ3n) is 7.24. The average molecular weight is 479 g/mol. The third kappa shape index (κ3) is 4.27. The highest BCUT2D eigenvalue weighted by atomic mass is 16.6. The summed E-state index contributed by atoms with van der Waals surface area (Å²) < 4.78 is 20.4. The molecule has 1 aliphatic heterocycles. The molecule has 8 nitrogen and oxygen atoms in total. The number of nitrogens with zero attached hydrogens (tertiary/aromatic N) is 1. The number of rotatable bonds is 8. The maximum absolute atomic E-state index is 12.7. The minimum Gasteiger partial charge on any atom is -0.390 e. The van der Waals surface area contributed by atoms with Crippen molar-refractivity contribution in [3.63, 3.8) is 0 Å². The van der Waals surface area contributed by atoms with Crippen LogP contribution in [0.15, 0.2) is 76.4 Å². The second-order valence-corrected chi connectivity index (χ2v) is 9.52. The molecule has 1 saturated carbocycles. The minimum atomic E-state index is -1.16. The molecule has 0 radical (unpaired) electrons. The molecule has 6 atom stereocenters. The van der Waals surface area contributed by atoms with Gasteiger partial charge in [0.05, 0.1) is 32.0 Å². The van der Waals surface area contributed by atoms with E-state index in [0.29, 0.717) is 18.8 Å². The van der Waals surface area contributed by atoms with Gasteiger partial charge in [-0.1, -0.05) is 67.6 Å². The SMILES string of the molecule is Cc1cn([C@@H]2O[C@]3(COCc4ccccc4)[C@H](O)[C@@H](C)[C@H]2[C@@H]3OCc2ccccc2)c(=O)[nH]c1=O. The van der Waals surface area contributed by atoms with E-state index in [4.69, 9.17) is 14.2 Å². The van der Waals surface area contributed by atoms with Gasteiger partial charge in [-0.2, -0.15) is 0 Å². The number of aliphatic hydroxyl groups is 1. The van der Waals surface area contributed by atoms with Crippen molar-refractivity contribution in [3.8, 4) is 0 Å². The Morgan fingerprint density at radius 2 is 1.66 bits per heavy atom. The molecule has 2 aromatic carbocycles. The van der Waals surface area contributed by atoms with E-state index >= 15 is 0 Å². The van der Waals surface area contributed by atoms with Gasteiger partial charge in [-0.15, -0.1) is 0 Å². The van der Waals surface area contributed by atoms with Crippen LogP contribution in [0.4, 0.5) is 0 Å². The summed E-state index contributed by atoms with van der Waals surface area (Å²) in [6.45, 7) is 4.36. The van der Waals surface area contributed by atoms with Crippen molar-refractivity contribution in [1.82, 2.24) is 9.55 Å². The minimum absolute atomic E-state index is 0.0942. The summed E-state index contributed by atoms with van der Waals surface area (Å²) >= 11 is 0. The van der Waals surface area contributed by atoms with E-state index in [-0.39, 0.29) is 18.4 Å². The molecular weight excluding hydrogens is 448 g/mol. The summed E-state index contributed by atoms with van der Waals surface area (Å²) in [6, 6.07) is 19.6. The quantitative estimate of drug-likeness (QED) is 0.516. The number of hydrogen-bond acceptors (Lipinski definition) is 6. The Bertz CT molecular complexity index is 1270. The largest absolute Gasteiger partial charge is 0.390 e. The highest BCUT2D eigenvalue weighted by molar-refractivity contribution is 5.19. The average Bonchev–Trinajstić information content (AvgIpc) is 3.28. The number of fused-ring (bicyclic) bond motifs is 2. The monoisotopic (exact) mass is 478 g/mol. The van der Waals surface area contributed by atoms with E-state index in [9.17, 15) is 14.7 Å². The van der Waals surface area contributed by atoms with Crippen LogP contribution in [-0.2, 0) is 27.4 Å². The maximum atomic E-state index is 12.7. The number of nitrogens with one attached hydrogen (secondary N) is 1. The maximum Gasteiger partial charge on any atom is 0.330 e. The zero-order chi connectivity index (χ0) is 24.6. The number of benzene rings is 2. The molecule has 3 aromatic rings. The molecule has 2 aliphatic rings. The van der Waals surface area contributed by atoms with Crippen LogP contribution in [0, 0.1) is 18.8 Å². The third-order valence-corrected chi connectivity index (χ3v) is 7.24. The first-order valence-corrected chi connectivity index (χ1v) is 11.9. The van der Waals surface area contributed by atoms with Crippen molar-refractivity contribution in [1.29, 1.82) is 0 Å². The van der Waals surface area contributed by atoms with E-state index in [1.54, 1.807) is 6.92 Å². The standard InChI is InChI=1S/C27H30N2O6/c1-17-13-29(26(32)28-24(17)31)25-21-18(2)22(30)27(35-25,16-33-14-19-9-5-3-6-10-19)23(21)34-15-20-11-7-4-8-12-20/h3-13,18,21-23,25,30H,14-16H2,1-2H3,(H,28,31,32)/t18-,21-,22+,23-,25+,27+/m0/s1. The molecule has 0 amide bonds. The molecule has 184 valence electrons. The van der Waals surface area contributed by atoms with Gasteiger partial charge in [0.15, 0.2) is 0 Å². The normalized spacial score (nSPS) is 29.5. The number of aromatic nitrogens is 2. The number of aryl methyl sites for hydroxylation is 1. The zero-order valence-electron chi connectivity index (χ0n) is 19.8. The summed E-state index contributed by atoms with van der Waals surface area (Å²) in [5.74, 6) is -0.550. The predicted molar refractivity (Wildman–Crippen MR) is 129 cm³/mol. The Morgan fingerprint density at radius 3 is 2.31 bits per heavy atom. The van der Waals surface area contributed by atoms with Crippen LogP contribution < -0.4 is 11.2 Å². The molecule has 5 rings (SSSR count). The Kier molecular flexibility index (Phi) is 6.46. The Morgan fingerprint density at radius 1 is 1.03 bits per heavy atom. The lowest BCUT2D eigenvalue weighted by molar-refractivity contribution is -0.217. The fourth-order valence-electron chi connectivity index (χ4n) is 5.41. The van der Waals surface area contributed by atoms with Crippen LogP contribution in [0.1, 0.15) is 29.8 Å². The van der Waals surface area contributed by atoms with Crippen molar-refractivity contribution >= 4 is 0 Å². The molecule has 1 aliphatic carbocycles. The van der Waals surface area contributed by atoms with Crippen molar-refractivity contribution in [2.24, 2.45) is 11.8 Å². The van der Waals surface area contributed by atoms with Gasteiger partial charge >= 0.3 is 5.69 Å². The highest BCUT2D eigenvalue weighted by Gasteiger charge is 2.69. The van der Waals surface area contributed by atoms with Gasteiger partial charge in [-0.3, -0.25) is 14.3 Å². The van der Waals surface area contributed by atoms with Crippen LogP contribution in [0.3, 0.4) is 0 Å². The van der Waals surface area contributed by atoms with Crippen molar-refractivity contribution in [2.75, 3.05) is 6.61 Å². The summed E-state index contributed by atoms with van der Waals surface area (Å²) in [4.78, 5) is 27.0. The highest BCUT2D eigenvalue weighted by Crippen LogP contribution is 2.57. The molecule has 8 heteroatoms. The summed E-state index contributed by atoms with van der Waals surface area (Å²) in [7, 11) is 0. The lowest BCUT2D eigenvalue weighted by atomic mass is 9.92. The van der Waals surface area contributed by atoms with E-state index in [1.165, 1.54) is 10.8 Å². The number of ether oxygens (including phenoxy) is 3. The Hall–Kier alpha value is -3.04. The second-order valence-electron chi connectivity index (χ2n) is 9.52. The lowest BCUT2D eigenvalue weighted by Gasteiger charge is -2.38. The summed E-state index contributed by atoms with van der Waals surface area (Å²) in [5.41, 5.74) is 0.254. The number of aliphatic hydroxyl groups excluding tert-OH is 1. The van der Waals surface area contributed by atoms with Gasteiger partial charge in [-0.05, 0) is 24.0 Å². The van der Waals surface area contributed by atoms with Crippen LogP contribution in [0.25, 0.3) is 0 Å². The van der Waals surface area contributed by atoms with Crippen LogP contribution >= 0.6 is 0 Å². The van der Waals surface area contributed by atoms with Crippen molar-refractivity contribution in [3.05, 3.63) is 104 Å².